The van der Waals surface area contributed by atoms with Gasteiger partial charge in [-0.3, -0.25) is 0 Å². The minimum absolute atomic E-state index is 0.0789. The fourth-order valence-corrected chi connectivity index (χ4v) is 3.25. The van der Waals surface area contributed by atoms with Crippen LogP contribution in [-0.2, 0) is 4.74 Å². The lowest BCUT2D eigenvalue weighted by atomic mass is 9.82. The molecule has 0 aliphatic carbocycles. The fraction of sp³-hybridized carbons (Fsp3) is 0.625. The van der Waals surface area contributed by atoms with Crippen molar-refractivity contribution in [3.05, 3.63) is 23.8 Å². The lowest BCUT2D eigenvalue weighted by Gasteiger charge is -2.44. The molecule has 1 saturated heterocycles. The van der Waals surface area contributed by atoms with Crippen LogP contribution >= 0.6 is 0 Å². The second-order valence-corrected chi connectivity index (χ2v) is 5.62. The summed E-state index contributed by atoms with van der Waals surface area (Å²) >= 11 is 0. The maximum atomic E-state index is 6.38. The van der Waals surface area contributed by atoms with Crippen LogP contribution in [0.3, 0.4) is 0 Å². The predicted molar refractivity (Wildman–Crippen MR) is 77.4 cm³/mol. The van der Waals surface area contributed by atoms with Crippen molar-refractivity contribution >= 4 is 0 Å². The summed E-state index contributed by atoms with van der Waals surface area (Å²) in [6.45, 7) is 4.69. The fourth-order valence-electron chi connectivity index (χ4n) is 3.25. The third kappa shape index (κ3) is 2.50. The van der Waals surface area contributed by atoms with E-state index in [9.17, 15) is 0 Å². The summed E-state index contributed by atoms with van der Waals surface area (Å²) in [5.74, 6) is 1.81. The first kappa shape index (κ1) is 13.7. The van der Waals surface area contributed by atoms with E-state index in [1.165, 1.54) is 5.56 Å². The van der Waals surface area contributed by atoms with E-state index >= 15 is 0 Å². The van der Waals surface area contributed by atoms with Crippen molar-refractivity contribution in [1.29, 1.82) is 0 Å². The predicted octanol–water partition coefficient (Wildman–Crippen LogP) is 2.68. The van der Waals surface area contributed by atoms with Gasteiger partial charge in [0.15, 0.2) is 0 Å². The number of rotatable bonds is 3. The van der Waals surface area contributed by atoms with Crippen LogP contribution in [0.15, 0.2) is 18.2 Å². The molecule has 0 aromatic heterocycles. The lowest BCUT2D eigenvalue weighted by Crippen LogP contribution is -2.47. The molecule has 0 bridgehead atoms. The van der Waals surface area contributed by atoms with Crippen LogP contribution < -0.4 is 14.8 Å². The first-order chi connectivity index (χ1) is 9.76. The van der Waals surface area contributed by atoms with Crippen molar-refractivity contribution in [2.24, 2.45) is 0 Å². The van der Waals surface area contributed by atoms with Crippen molar-refractivity contribution in [3.8, 4) is 11.5 Å². The average molecular weight is 277 g/mol. The van der Waals surface area contributed by atoms with Gasteiger partial charge in [0.1, 0.15) is 17.1 Å². The van der Waals surface area contributed by atoms with E-state index in [4.69, 9.17) is 14.2 Å². The first-order valence-electron chi connectivity index (χ1n) is 7.44. The van der Waals surface area contributed by atoms with E-state index in [1.807, 2.05) is 12.1 Å². The van der Waals surface area contributed by atoms with Crippen LogP contribution in [0.1, 0.15) is 37.8 Å². The Balaban J connectivity index is 1.94. The lowest BCUT2D eigenvalue weighted by molar-refractivity contribution is -0.0645. The Morgan fingerprint density at radius 2 is 2.15 bits per heavy atom. The van der Waals surface area contributed by atoms with Gasteiger partial charge in [-0.1, -0.05) is 13.0 Å². The molecule has 1 atom stereocenters. The highest BCUT2D eigenvalue weighted by Gasteiger charge is 2.42. The second kappa shape index (κ2) is 5.62. The van der Waals surface area contributed by atoms with Gasteiger partial charge < -0.3 is 19.5 Å². The molecule has 3 rings (SSSR count). The van der Waals surface area contributed by atoms with Crippen molar-refractivity contribution in [2.75, 3.05) is 26.9 Å². The Morgan fingerprint density at radius 1 is 1.35 bits per heavy atom. The molecule has 1 fully saturated rings. The van der Waals surface area contributed by atoms with Crippen LogP contribution in [0.5, 0.6) is 11.5 Å². The van der Waals surface area contributed by atoms with Gasteiger partial charge in [0.2, 0.25) is 0 Å². The SMILES string of the molecule is CCNC1CC2(CCOCC2)Oc2cc(OC)ccc21. The smallest absolute Gasteiger partial charge is 0.128 e. The third-order valence-corrected chi connectivity index (χ3v) is 4.35. The van der Waals surface area contributed by atoms with Gasteiger partial charge in [0, 0.05) is 36.9 Å². The molecule has 2 heterocycles. The van der Waals surface area contributed by atoms with Gasteiger partial charge in [-0.25, -0.2) is 0 Å². The number of hydrogen-bond acceptors (Lipinski definition) is 4. The van der Waals surface area contributed by atoms with E-state index < -0.39 is 0 Å². The molecular weight excluding hydrogens is 254 g/mol. The number of benzene rings is 1. The van der Waals surface area contributed by atoms with Gasteiger partial charge in [-0.05, 0) is 12.6 Å². The van der Waals surface area contributed by atoms with E-state index in [2.05, 4.69) is 18.3 Å². The first-order valence-corrected chi connectivity index (χ1v) is 7.44. The number of hydrogen-bond donors (Lipinski definition) is 1. The van der Waals surface area contributed by atoms with Crippen LogP contribution in [0.25, 0.3) is 0 Å². The van der Waals surface area contributed by atoms with Gasteiger partial charge in [0.25, 0.3) is 0 Å². The molecule has 1 aromatic carbocycles. The largest absolute Gasteiger partial charge is 0.497 e. The van der Waals surface area contributed by atoms with E-state index in [0.717, 1.165) is 50.5 Å². The van der Waals surface area contributed by atoms with Crippen molar-refractivity contribution in [2.45, 2.75) is 37.8 Å². The Hall–Kier alpha value is -1.26. The second-order valence-electron chi connectivity index (χ2n) is 5.62. The van der Waals surface area contributed by atoms with Gasteiger partial charge >= 0.3 is 0 Å². The minimum Gasteiger partial charge on any atom is -0.497 e. The number of methoxy groups -OCH3 is 1. The molecule has 110 valence electrons. The van der Waals surface area contributed by atoms with E-state index in [0.29, 0.717) is 6.04 Å². The summed E-state index contributed by atoms with van der Waals surface area (Å²) in [5.41, 5.74) is 1.16. The summed E-state index contributed by atoms with van der Waals surface area (Å²) in [4.78, 5) is 0. The average Bonchev–Trinajstić information content (AvgIpc) is 2.47. The molecule has 1 spiro atoms. The van der Waals surface area contributed by atoms with Crippen LogP contribution in [0.4, 0.5) is 0 Å². The quantitative estimate of drug-likeness (QED) is 0.922. The summed E-state index contributed by atoms with van der Waals surface area (Å²) in [6, 6.07) is 6.49. The zero-order chi connectivity index (χ0) is 14.0. The number of ether oxygens (including phenoxy) is 3. The van der Waals surface area contributed by atoms with E-state index in [1.54, 1.807) is 7.11 Å². The number of nitrogens with one attached hydrogen (secondary N) is 1. The number of fused-ring (bicyclic) bond motifs is 1. The summed E-state index contributed by atoms with van der Waals surface area (Å²) in [6.07, 6.45) is 2.95. The highest BCUT2D eigenvalue weighted by molar-refractivity contribution is 5.44. The summed E-state index contributed by atoms with van der Waals surface area (Å²) in [5, 5.41) is 3.59. The van der Waals surface area contributed by atoms with Crippen molar-refractivity contribution in [3.63, 3.8) is 0 Å². The highest BCUT2D eigenvalue weighted by Crippen LogP contribution is 2.45. The van der Waals surface area contributed by atoms with Crippen LogP contribution in [0, 0.1) is 0 Å². The molecule has 1 unspecified atom stereocenters. The third-order valence-electron chi connectivity index (χ3n) is 4.35. The van der Waals surface area contributed by atoms with Crippen LogP contribution in [0.2, 0.25) is 0 Å². The molecule has 2 aliphatic heterocycles. The van der Waals surface area contributed by atoms with Gasteiger partial charge in [-0.15, -0.1) is 0 Å². The van der Waals surface area contributed by atoms with Gasteiger partial charge in [-0.2, -0.15) is 0 Å². The molecule has 2 aliphatic rings. The molecule has 4 heteroatoms. The minimum atomic E-state index is -0.0789. The Labute approximate surface area is 120 Å². The topological polar surface area (TPSA) is 39.7 Å². The van der Waals surface area contributed by atoms with Crippen molar-refractivity contribution in [1.82, 2.24) is 5.32 Å². The summed E-state index contributed by atoms with van der Waals surface area (Å²) < 4.78 is 17.2. The molecule has 20 heavy (non-hydrogen) atoms. The Kier molecular flexibility index (Phi) is 3.85. The molecule has 1 aromatic rings. The summed E-state index contributed by atoms with van der Waals surface area (Å²) in [7, 11) is 1.69. The van der Waals surface area contributed by atoms with Crippen LogP contribution in [-0.4, -0.2) is 32.5 Å². The zero-order valence-corrected chi connectivity index (χ0v) is 12.3. The maximum Gasteiger partial charge on any atom is 0.128 e. The molecule has 4 nitrogen and oxygen atoms in total. The molecule has 0 saturated carbocycles. The standard InChI is InChI=1S/C16H23NO3/c1-3-17-14-11-16(6-8-19-9-7-16)20-15-10-12(18-2)4-5-13(14)15/h4-5,10,14,17H,3,6-9,11H2,1-2H3. The Bertz CT molecular complexity index is 469. The van der Waals surface area contributed by atoms with Crippen molar-refractivity contribution < 1.29 is 14.2 Å². The Morgan fingerprint density at radius 3 is 2.85 bits per heavy atom. The zero-order valence-electron chi connectivity index (χ0n) is 12.3. The normalized spacial score (nSPS) is 24.0. The monoisotopic (exact) mass is 277 g/mol. The van der Waals surface area contributed by atoms with Gasteiger partial charge in [0.05, 0.1) is 20.3 Å². The highest BCUT2D eigenvalue weighted by atomic mass is 16.5. The molecule has 0 amide bonds. The molecule has 1 N–H and O–H groups in total. The molecular formula is C16H23NO3. The molecule has 0 radical (unpaired) electrons. The van der Waals surface area contributed by atoms with E-state index in [-0.39, 0.29) is 5.60 Å². The maximum absolute atomic E-state index is 6.38.